The van der Waals surface area contributed by atoms with E-state index in [0.29, 0.717) is 0 Å². The van der Waals surface area contributed by atoms with E-state index in [0.717, 1.165) is 57.5 Å². The second kappa shape index (κ2) is 12.7. The number of rotatable bonds is 5. The molecule has 0 N–H and O–H groups in total. The SMILES string of the molecule is c1ccc(-n2c3ccccc3c3ccc(-c4ccc(N(c5ccc6c(c5)C5(Cc7ccccc7C5)c5ccccc5-6)c5cccc6oc7ccccc7c56)cc4)cc32)cc1. The Labute approximate surface area is 348 Å². The summed E-state index contributed by atoms with van der Waals surface area (Å²) in [5.74, 6) is 0. The van der Waals surface area contributed by atoms with Crippen LogP contribution >= 0.6 is 0 Å². The number of para-hydroxylation sites is 3. The van der Waals surface area contributed by atoms with Crippen LogP contribution in [0.2, 0.25) is 0 Å². The highest BCUT2D eigenvalue weighted by molar-refractivity contribution is 6.14. The molecule has 2 aliphatic rings. The summed E-state index contributed by atoms with van der Waals surface area (Å²) in [5, 5.41) is 4.74. The first-order valence-electron chi connectivity index (χ1n) is 20.9. The van der Waals surface area contributed by atoms with Crippen LogP contribution in [-0.2, 0) is 18.3 Å². The predicted molar refractivity (Wildman–Crippen MR) is 248 cm³/mol. The maximum Gasteiger partial charge on any atom is 0.137 e. The van der Waals surface area contributed by atoms with Gasteiger partial charge in [0.05, 0.1) is 22.1 Å². The Hall–Kier alpha value is -7.62. The topological polar surface area (TPSA) is 21.3 Å². The summed E-state index contributed by atoms with van der Waals surface area (Å²) in [6.07, 6.45) is 2.00. The van der Waals surface area contributed by atoms with Crippen LogP contribution in [0.25, 0.3) is 71.7 Å². The van der Waals surface area contributed by atoms with E-state index in [-0.39, 0.29) is 5.41 Å². The second-order valence-electron chi connectivity index (χ2n) is 16.5. The fraction of sp³-hybridized carbons (Fsp3) is 0.0526. The molecule has 2 heterocycles. The van der Waals surface area contributed by atoms with Crippen molar-refractivity contribution in [2.24, 2.45) is 0 Å². The van der Waals surface area contributed by atoms with E-state index in [4.69, 9.17) is 4.42 Å². The molecule has 0 amide bonds. The molecule has 1 spiro atoms. The Morgan fingerprint density at radius 2 is 1.08 bits per heavy atom. The summed E-state index contributed by atoms with van der Waals surface area (Å²) in [6, 6.07) is 75.6. The zero-order valence-electron chi connectivity index (χ0n) is 32.8. The summed E-state index contributed by atoms with van der Waals surface area (Å²) in [7, 11) is 0. The molecule has 0 radical (unpaired) electrons. The van der Waals surface area contributed by atoms with Gasteiger partial charge in [-0.15, -0.1) is 0 Å². The zero-order chi connectivity index (χ0) is 39.4. The molecule has 0 saturated carbocycles. The van der Waals surface area contributed by atoms with Gasteiger partial charge in [0.25, 0.3) is 0 Å². The van der Waals surface area contributed by atoms with Gasteiger partial charge in [-0.25, -0.2) is 0 Å². The van der Waals surface area contributed by atoms with E-state index < -0.39 is 0 Å². The molecule has 0 fully saturated rings. The molecular weight excluding hydrogens is 729 g/mol. The van der Waals surface area contributed by atoms with Gasteiger partial charge in [0.15, 0.2) is 0 Å². The quantitative estimate of drug-likeness (QED) is 0.174. The Bertz CT molecular complexity index is 3470. The van der Waals surface area contributed by atoms with Crippen molar-refractivity contribution < 1.29 is 4.42 Å². The van der Waals surface area contributed by atoms with Crippen molar-refractivity contribution in [1.82, 2.24) is 4.57 Å². The van der Waals surface area contributed by atoms with Crippen molar-refractivity contribution in [3.8, 4) is 27.9 Å². The lowest BCUT2D eigenvalue weighted by Gasteiger charge is -2.30. The summed E-state index contributed by atoms with van der Waals surface area (Å²) in [6.45, 7) is 0. The Morgan fingerprint density at radius 1 is 0.433 bits per heavy atom. The molecule has 0 atom stereocenters. The van der Waals surface area contributed by atoms with Gasteiger partial charge in [-0.05, 0) is 124 Å². The van der Waals surface area contributed by atoms with Gasteiger partial charge < -0.3 is 13.9 Å². The van der Waals surface area contributed by atoms with Crippen LogP contribution in [0.15, 0.2) is 211 Å². The van der Waals surface area contributed by atoms with Gasteiger partial charge in [-0.2, -0.15) is 0 Å². The van der Waals surface area contributed by atoms with Gasteiger partial charge >= 0.3 is 0 Å². The molecule has 2 aliphatic carbocycles. The molecule has 0 bridgehead atoms. The lowest BCUT2D eigenvalue weighted by Crippen LogP contribution is -2.26. The molecule has 11 aromatic rings. The van der Waals surface area contributed by atoms with Gasteiger partial charge in [0.1, 0.15) is 11.2 Å². The predicted octanol–water partition coefficient (Wildman–Crippen LogP) is 14.9. The van der Waals surface area contributed by atoms with Crippen LogP contribution < -0.4 is 4.90 Å². The molecule has 60 heavy (non-hydrogen) atoms. The Balaban J connectivity index is 0.988. The van der Waals surface area contributed by atoms with Crippen molar-refractivity contribution in [3.63, 3.8) is 0 Å². The highest BCUT2D eigenvalue weighted by atomic mass is 16.3. The highest BCUT2D eigenvalue weighted by Crippen LogP contribution is 2.57. The summed E-state index contributed by atoms with van der Waals surface area (Å²) < 4.78 is 8.88. The first-order valence-corrected chi connectivity index (χ1v) is 20.9. The molecule has 9 aromatic carbocycles. The monoisotopic (exact) mass is 766 g/mol. The summed E-state index contributed by atoms with van der Waals surface area (Å²) >= 11 is 0. The van der Waals surface area contributed by atoms with Crippen LogP contribution in [0.3, 0.4) is 0 Å². The number of aromatic nitrogens is 1. The van der Waals surface area contributed by atoms with E-state index in [1.54, 1.807) is 0 Å². The first kappa shape index (κ1) is 33.4. The van der Waals surface area contributed by atoms with Crippen LogP contribution in [0.1, 0.15) is 22.3 Å². The maximum atomic E-state index is 6.49. The molecular formula is C57H38N2O. The fourth-order valence-electron chi connectivity index (χ4n) is 10.8. The van der Waals surface area contributed by atoms with Gasteiger partial charge in [-0.3, -0.25) is 0 Å². The van der Waals surface area contributed by atoms with E-state index >= 15 is 0 Å². The first-order chi connectivity index (χ1) is 29.7. The Kier molecular flexibility index (Phi) is 7.06. The lowest BCUT2D eigenvalue weighted by atomic mass is 9.75. The number of anilines is 3. The van der Waals surface area contributed by atoms with Crippen LogP contribution in [-0.4, -0.2) is 4.57 Å². The van der Waals surface area contributed by atoms with E-state index in [1.807, 2.05) is 0 Å². The molecule has 3 nitrogen and oxygen atoms in total. The second-order valence-corrected chi connectivity index (χ2v) is 16.5. The molecule has 0 aliphatic heterocycles. The number of fused-ring (bicyclic) bond motifs is 12. The maximum absolute atomic E-state index is 6.49. The Morgan fingerprint density at radius 3 is 1.93 bits per heavy atom. The largest absolute Gasteiger partial charge is 0.456 e. The van der Waals surface area contributed by atoms with Gasteiger partial charge in [-0.1, -0.05) is 140 Å². The summed E-state index contributed by atoms with van der Waals surface area (Å²) in [5.41, 5.74) is 19.4. The van der Waals surface area contributed by atoms with Crippen molar-refractivity contribution in [3.05, 3.63) is 229 Å². The standard InChI is InChI=1S/C57H38N2O/c1-2-15-41(16-3-1)59-51-21-10-7-18-46(51)47-31-27-38(33-53(47)59)37-25-28-42(29-26-37)58(52-22-12-24-55-56(52)48-19-8-11-23-54(48)60-55)43-30-32-45-44-17-6-9-20-49(44)57(50(45)34-43)35-39-13-4-5-14-40(39)36-57/h1-34H,35-36H2. The van der Waals surface area contributed by atoms with Crippen LogP contribution in [0.4, 0.5) is 17.1 Å². The van der Waals surface area contributed by atoms with Gasteiger partial charge in [0.2, 0.25) is 0 Å². The van der Waals surface area contributed by atoms with Gasteiger partial charge in [0, 0.05) is 38.6 Å². The van der Waals surface area contributed by atoms with E-state index in [2.05, 4.69) is 216 Å². The third-order valence-electron chi connectivity index (χ3n) is 13.4. The van der Waals surface area contributed by atoms with Crippen LogP contribution in [0, 0.1) is 0 Å². The molecule has 282 valence electrons. The van der Waals surface area contributed by atoms with Crippen LogP contribution in [0.5, 0.6) is 0 Å². The molecule has 0 saturated heterocycles. The molecule has 0 unspecified atom stereocenters. The highest BCUT2D eigenvalue weighted by Gasteiger charge is 2.47. The molecule has 2 aromatic heterocycles. The third-order valence-corrected chi connectivity index (χ3v) is 13.4. The van der Waals surface area contributed by atoms with Crippen molar-refractivity contribution in [2.45, 2.75) is 18.3 Å². The average molecular weight is 767 g/mol. The fourth-order valence-corrected chi connectivity index (χ4v) is 10.8. The average Bonchev–Trinajstić information content (AvgIpc) is 4.05. The zero-order valence-corrected chi connectivity index (χ0v) is 32.8. The minimum Gasteiger partial charge on any atom is -0.456 e. The normalized spacial score (nSPS) is 13.7. The summed E-state index contributed by atoms with van der Waals surface area (Å²) in [4.78, 5) is 2.45. The third kappa shape index (κ3) is 4.78. The number of furan rings is 1. The van der Waals surface area contributed by atoms with Crippen molar-refractivity contribution in [2.75, 3.05) is 4.90 Å². The number of hydrogen-bond donors (Lipinski definition) is 0. The molecule has 13 rings (SSSR count). The lowest BCUT2D eigenvalue weighted by molar-refractivity contribution is 0.563. The number of nitrogens with zero attached hydrogens (tertiary/aromatic N) is 2. The smallest absolute Gasteiger partial charge is 0.137 e. The minimum atomic E-state index is -0.115. The number of benzene rings is 9. The minimum absolute atomic E-state index is 0.115. The van der Waals surface area contributed by atoms with E-state index in [1.165, 1.54) is 66.3 Å². The number of hydrogen-bond acceptors (Lipinski definition) is 2. The molecule has 3 heteroatoms. The van der Waals surface area contributed by atoms with Crippen molar-refractivity contribution in [1.29, 1.82) is 0 Å². The van der Waals surface area contributed by atoms with E-state index in [9.17, 15) is 0 Å². The van der Waals surface area contributed by atoms with Crippen molar-refractivity contribution >= 4 is 60.8 Å².